The van der Waals surface area contributed by atoms with Crippen molar-refractivity contribution in [3.63, 3.8) is 0 Å². The summed E-state index contributed by atoms with van der Waals surface area (Å²) in [6.07, 6.45) is -3.21. The number of carbonyl (C=O) groups is 1. The largest absolute Gasteiger partial charge is 0.416 e. The number of hydrogen-bond acceptors (Lipinski definition) is 6. The molecule has 0 aliphatic carbocycles. The number of hydrogen-bond donors (Lipinski definition) is 2. The van der Waals surface area contributed by atoms with Crippen LogP contribution in [-0.4, -0.2) is 21.9 Å². The molecule has 24 heavy (non-hydrogen) atoms. The molecule has 1 heterocycles. The molecule has 7 nitrogen and oxygen atoms in total. The molecule has 0 unspecified atom stereocenters. The molecule has 0 fully saturated rings. The Bertz CT molecular complexity index is 749. The van der Waals surface area contributed by atoms with Crippen molar-refractivity contribution in [1.82, 2.24) is 4.98 Å². The zero-order chi connectivity index (χ0) is 17.9. The monoisotopic (exact) mass is 360 g/mol. The highest BCUT2D eigenvalue weighted by molar-refractivity contribution is 7.13. The average Bonchev–Trinajstić information content (AvgIpc) is 2.99. The van der Waals surface area contributed by atoms with Crippen LogP contribution >= 0.6 is 11.3 Å². The molecule has 0 radical (unpaired) electrons. The Morgan fingerprint density at radius 3 is 2.67 bits per heavy atom. The van der Waals surface area contributed by atoms with E-state index in [2.05, 4.69) is 15.6 Å². The molecule has 11 heteroatoms. The van der Waals surface area contributed by atoms with Crippen LogP contribution in [0.1, 0.15) is 12.5 Å². The minimum Gasteiger partial charge on any atom is -0.368 e. The number of aromatic nitrogens is 1. The van der Waals surface area contributed by atoms with Gasteiger partial charge >= 0.3 is 6.18 Å². The van der Waals surface area contributed by atoms with E-state index in [1.807, 2.05) is 0 Å². The maximum absolute atomic E-state index is 12.7. The summed E-state index contributed by atoms with van der Waals surface area (Å²) in [7, 11) is 0. The number of halogens is 3. The van der Waals surface area contributed by atoms with Crippen LogP contribution in [0, 0.1) is 10.1 Å². The van der Waals surface area contributed by atoms with Crippen LogP contribution in [0.25, 0.3) is 0 Å². The second-order valence-corrected chi connectivity index (χ2v) is 5.57. The molecule has 2 N–H and O–H groups in total. The minimum absolute atomic E-state index is 0.185. The van der Waals surface area contributed by atoms with Gasteiger partial charge in [-0.05, 0) is 19.1 Å². The van der Waals surface area contributed by atoms with E-state index in [0.29, 0.717) is 17.3 Å². The van der Waals surface area contributed by atoms with Crippen molar-refractivity contribution in [3.8, 4) is 0 Å². The Morgan fingerprint density at radius 1 is 1.42 bits per heavy atom. The third-order valence-electron chi connectivity index (χ3n) is 2.95. The van der Waals surface area contributed by atoms with Gasteiger partial charge in [-0.25, -0.2) is 4.98 Å². The Kier molecular flexibility index (Phi) is 5.02. The lowest BCUT2D eigenvalue weighted by atomic mass is 10.1. The fraction of sp³-hybridized carbons (Fsp3) is 0.231. The average molecular weight is 360 g/mol. The highest BCUT2D eigenvalue weighted by Crippen LogP contribution is 2.35. The minimum atomic E-state index is -4.70. The molecule has 2 aromatic rings. The number of anilines is 2. The number of nitrogens with zero attached hydrogens (tertiary/aromatic N) is 2. The summed E-state index contributed by atoms with van der Waals surface area (Å²) in [5.41, 5.74) is -2.09. The SMILES string of the molecule is C[C@H](Nc1ccc(C(F)(F)F)cc1[N+](=O)[O-])C(=O)Nc1nccs1. The van der Waals surface area contributed by atoms with Gasteiger partial charge in [0, 0.05) is 17.6 Å². The number of benzene rings is 1. The van der Waals surface area contributed by atoms with Gasteiger partial charge in [-0.2, -0.15) is 13.2 Å². The lowest BCUT2D eigenvalue weighted by Gasteiger charge is -2.15. The van der Waals surface area contributed by atoms with Gasteiger partial charge in [0.15, 0.2) is 5.13 Å². The van der Waals surface area contributed by atoms with Crippen molar-refractivity contribution >= 4 is 33.8 Å². The number of carbonyl (C=O) groups excluding carboxylic acids is 1. The predicted octanol–water partition coefficient (Wildman–Crippen LogP) is 3.51. The normalized spacial score (nSPS) is 12.5. The van der Waals surface area contributed by atoms with E-state index in [4.69, 9.17) is 0 Å². The molecule has 0 spiro atoms. The van der Waals surface area contributed by atoms with Crippen LogP contribution in [-0.2, 0) is 11.0 Å². The first kappa shape index (κ1) is 17.7. The lowest BCUT2D eigenvalue weighted by molar-refractivity contribution is -0.384. The van der Waals surface area contributed by atoms with Crippen molar-refractivity contribution in [2.24, 2.45) is 0 Å². The van der Waals surface area contributed by atoms with Gasteiger partial charge in [-0.15, -0.1) is 11.3 Å². The van der Waals surface area contributed by atoms with Gasteiger partial charge in [0.1, 0.15) is 11.7 Å². The Morgan fingerprint density at radius 2 is 2.12 bits per heavy atom. The fourth-order valence-electron chi connectivity index (χ4n) is 1.78. The summed E-state index contributed by atoms with van der Waals surface area (Å²) in [5.74, 6) is -0.529. The zero-order valence-corrected chi connectivity index (χ0v) is 12.9. The van der Waals surface area contributed by atoms with Crippen LogP contribution in [0.3, 0.4) is 0 Å². The molecule has 1 aromatic heterocycles. The van der Waals surface area contributed by atoms with Crippen LogP contribution in [0.15, 0.2) is 29.8 Å². The summed E-state index contributed by atoms with van der Waals surface area (Å²) in [5, 5.41) is 18.0. The number of amides is 1. The van der Waals surface area contributed by atoms with Crippen molar-refractivity contribution in [3.05, 3.63) is 45.5 Å². The maximum Gasteiger partial charge on any atom is 0.416 e. The molecule has 0 saturated carbocycles. The molecule has 1 atom stereocenters. The Balaban J connectivity index is 2.19. The van der Waals surface area contributed by atoms with E-state index in [9.17, 15) is 28.1 Å². The topological polar surface area (TPSA) is 97.2 Å². The molecular formula is C13H11F3N4O3S. The van der Waals surface area contributed by atoms with E-state index in [1.54, 1.807) is 5.38 Å². The number of nitro benzene ring substituents is 1. The zero-order valence-electron chi connectivity index (χ0n) is 12.1. The first-order chi connectivity index (χ1) is 11.2. The first-order valence-corrected chi connectivity index (χ1v) is 7.39. The van der Waals surface area contributed by atoms with Gasteiger partial charge in [-0.1, -0.05) is 0 Å². The van der Waals surface area contributed by atoms with Crippen LogP contribution in [0.2, 0.25) is 0 Å². The van der Waals surface area contributed by atoms with Crippen molar-refractivity contribution in [2.45, 2.75) is 19.1 Å². The molecule has 2 rings (SSSR count). The third-order valence-corrected chi connectivity index (χ3v) is 3.64. The van der Waals surface area contributed by atoms with Gasteiger partial charge in [0.25, 0.3) is 5.69 Å². The Hall–Kier alpha value is -2.69. The van der Waals surface area contributed by atoms with Gasteiger partial charge in [0.2, 0.25) is 5.91 Å². The molecule has 0 bridgehead atoms. The van der Waals surface area contributed by atoms with Crippen molar-refractivity contribution in [1.29, 1.82) is 0 Å². The molecule has 1 amide bonds. The molecule has 0 aliphatic heterocycles. The fourth-order valence-corrected chi connectivity index (χ4v) is 2.31. The summed E-state index contributed by atoms with van der Waals surface area (Å²) in [6.45, 7) is 1.42. The molecule has 0 aliphatic rings. The molecular weight excluding hydrogens is 349 g/mol. The third kappa shape index (κ3) is 4.19. The molecule has 128 valence electrons. The number of alkyl halides is 3. The van der Waals surface area contributed by atoms with Crippen LogP contribution in [0.5, 0.6) is 0 Å². The summed E-state index contributed by atoms with van der Waals surface area (Å²) in [6, 6.07) is 1.13. The van der Waals surface area contributed by atoms with Gasteiger partial charge < -0.3 is 10.6 Å². The first-order valence-electron chi connectivity index (χ1n) is 6.51. The van der Waals surface area contributed by atoms with Crippen LogP contribution < -0.4 is 10.6 Å². The standard InChI is InChI=1S/C13H11F3N4O3S/c1-7(11(21)19-12-17-4-5-24-12)18-9-3-2-8(13(14,15)16)6-10(9)20(22)23/h2-7,18H,1H3,(H,17,19,21)/t7-/m0/s1. The number of thiazole rings is 1. The number of nitrogens with one attached hydrogen (secondary N) is 2. The van der Waals surface area contributed by atoms with E-state index >= 15 is 0 Å². The lowest BCUT2D eigenvalue weighted by Crippen LogP contribution is -2.32. The highest BCUT2D eigenvalue weighted by atomic mass is 32.1. The smallest absolute Gasteiger partial charge is 0.368 e. The van der Waals surface area contributed by atoms with E-state index in [-0.39, 0.29) is 5.69 Å². The number of nitro groups is 1. The summed E-state index contributed by atoms with van der Waals surface area (Å²) in [4.78, 5) is 25.9. The molecule has 0 saturated heterocycles. The Labute approximate surface area is 137 Å². The van der Waals surface area contributed by atoms with Crippen molar-refractivity contribution in [2.75, 3.05) is 10.6 Å². The van der Waals surface area contributed by atoms with E-state index in [1.165, 1.54) is 24.5 Å². The van der Waals surface area contributed by atoms with Crippen LogP contribution in [0.4, 0.5) is 29.7 Å². The highest BCUT2D eigenvalue weighted by Gasteiger charge is 2.33. The maximum atomic E-state index is 12.7. The van der Waals surface area contributed by atoms with Gasteiger partial charge in [0.05, 0.1) is 10.5 Å². The number of rotatable bonds is 5. The quantitative estimate of drug-likeness (QED) is 0.628. The second-order valence-electron chi connectivity index (χ2n) is 4.68. The predicted molar refractivity (Wildman–Crippen MR) is 81.9 cm³/mol. The summed E-state index contributed by atoms with van der Waals surface area (Å²) < 4.78 is 38.0. The summed E-state index contributed by atoms with van der Waals surface area (Å²) >= 11 is 1.18. The van der Waals surface area contributed by atoms with Crippen molar-refractivity contribution < 1.29 is 22.9 Å². The molecule has 1 aromatic carbocycles. The van der Waals surface area contributed by atoms with E-state index in [0.717, 1.165) is 6.07 Å². The van der Waals surface area contributed by atoms with Gasteiger partial charge in [-0.3, -0.25) is 14.9 Å². The second kappa shape index (κ2) is 6.83. The van der Waals surface area contributed by atoms with E-state index < -0.39 is 34.3 Å².